The monoisotopic (exact) mass is 508 g/mol. The predicted octanol–water partition coefficient (Wildman–Crippen LogP) is 5.52. The molecule has 0 unspecified atom stereocenters. The lowest BCUT2D eigenvalue weighted by Gasteiger charge is -2.35. The third-order valence-electron chi connectivity index (χ3n) is 7.12. The predicted molar refractivity (Wildman–Crippen MR) is 123 cm³/mol. The van der Waals surface area contributed by atoms with Gasteiger partial charge in [0.05, 0.1) is 12.2 Å². The van der Waals surface area contributed by atoms with Crippen LogP contribution < -0.4 is 10.1 Å². The summed E-state index contributed by atoms with van der Waals surface area (Å²) >= 11 is 0. The number of ketones is 1. The van der Waals surface area contributed by atoms with Crippen molar-refractivity contribution in [3.05, 3.63) is 53.4 Å². The molecule has 194 valence electrons. The number of Topliss-reactive ketones (excluding diaryl/α,β-unsaturated/α-hetero) is 1. The summed E-state index contributed by atoms with van der Waals surface area (Å²) in [5.41, 5.74) is -0.0960. The van der Waals surface area contributed by atoms with Crippen LogP contribution in [0.2, 0.25) is 0 Å². The molecule has 1 amide bonds. The van der Waals surface area contributed by atoms with E-state index in [-0.39, 0.29) is 42.4 Å². The molecule has 2 aromatic rings. The maximum absolute atomic E-state index is 14.9. The van der Waals surface area contributed by atoms with E-state index < -0.39 is 52.8 Å². The van der Waals surface area contributed by atoms with Gasteiger partial charge in [-0.25, -0.2) is 13.2 Å². The number of hydrogen-bond acceptors (Lipinski definition) is 5. The fourth-order valence-corrected chi connectivity index (χ4v) is 4.83. The number of alkyl halides is 2. The zero-order valence-corrected chi connectivity index (χ0v) is 20.4. The Balaban J connectivity index is 1.64. The van der Waals surface area contributed by atoms with E-state index in [0.29, 0.717) is 5.69 Å². The van der Waals surface area contributed by atoms with Crippen LogP contribution in [0.5, 0.6) is 5.75 Å². The van der Waals surface area contributed by atoms with Crippen LogP contribution >= 0.6 is 0 Å². The number of rotatable bonds is 7. The highest BCUT2D eigenvalue weighted by atomic mass is 19.3. The molecule has 3 atom stereocenters. The molecule has 1 aliphatic heterocycles. The molecule has 1 N–H and O–H groups in total. The summed E-state index contributed by atoms with van der Waals surface area (Å²) in [5, 5.41) is 2.71. The molecular formula is C26H28F4N2O4. The Labute approximate surface area is 206 Å². The largest absolute Gasteiger partial charge is 0.490 e. The summed E-state index contributed by atoms with van der Waals surface area (Å²) in [4.78, 5) is 28.9. The molecule has 0 bridgehead atoms. The van der Waals surface area contributed by atoms with Gasteiger partial charge in [-0.05, 0) is 38.0 Å². The lowest BCUT2D eigenvalue weighted by atomic mass is 9.78. The van der Waals surface area contributed by atoms with Gasteiger partial charge in [0.25, 0.3) is 5.91 Å². The van der Waals surface area contributed by atoms with E-state index in [1.165, 1.54) is 31.3 Å². The molecule has 2 fully saturated rings. The molecule has 1 saturated carbocycles. The Morgan fingerprint density at radius 2 is 1.89 bits per heavy atom. The standard InChI is InChI=1S/C26H28F4N2O4/c1-13-20(17-5-6-18(27)21(28)22(17)35-12-15-10-26(29,30)11-15)23(36-25(13,3)4)24(34)32-16-7-8-31-19(9-16)14(2)33/h5-9,13,15,20,23H,10-12H2,1-4H3,(H,31,32,34)/t13-,20-,23+/m0/s1. The first kappa shape index (κ1) is 26.1. The van der Waals surface area contributed by atoms with Gasteiger partial charge in [0.15, 0.2) is 17.3 Å². The molecule has 1 aromatic heterocycles. The van der Waals surface area contributed by atoms with Crippen LogP contribution in [-0.4, -0.2) is 40.9 Å². The van der Waals surface area contributed by atoms with Crippen molar-refractivity contribution in [1.29, 1.82) is 0 Å². The number of nitrogens with one attached hydrogen (secondary N) is 1. The average Bonchev–Trinajstić information content (AvgIpc) is 3.02. The number of nitrogens with zero attached hydrogens (tertiary/aromatic N) is 1. The van der Waals surface area contributed by atoms with Gasteiger partial charge in [0.1, 0.15) is 11.8 Å². The first-order chi connectivity index (χ1) is 16.8. The van der Waals surface area contributed by atoms with Gasteiger partial charge in [-0.1, -0.05) is 13.0 Å². The van der Waals surface area contributed by atoms with E-state index in [9.17, 15) is 27.2 Å². The number of aromatic nitrogens is 1. The smallest absolute Gasteiger partial charge is 0.254 e. The van der Waals surface area contributed by atoms with Gasteiger partial charge in [-0.3, -0.25) is 14.6 Å². The van der Waals surface area contributed by atoms with Crippen LogP contribution in [0.3, 0.4) is 0 Å². The number of benzene rings is 1. The summed E-state index contributed by atoms with van der Waals surface area (Å²) in [7, 11) is 0. The Kier molecular flexibility index (Phi) is 6.85. The second-order valence-electron chi connectivity index (χ2n) is 10.2. The summed E-state index contributed by atoms with van der Waals surface area (Å²) in [6.45, 7) is 6.56. The number of anilines is 1. The topological polar surface area (TPSA) is 77.5 Å². The summed E-state index contributed by atoms with van der Waals surface area (Å²) < 4.78 is 67.2. The minimum atomic E-state index is -2.77. The SMILES string of the molecule is CC(=O)c1cc(NC(=O)[C@@H]2OC(C)(C)[C@@H](C)[C@H]2c2ccc(F)c(F)c2OCC2CC(F)(F)C2)ccn1. The zero-order chi connectivity index (χ0) is 26.4. The first-order valence-electron chi connectivity index (χ1n) is 11.7. The van der Waals surface area contributed by atoms with Crippen molar-refractivity contribution in [1.82, 2.24) is 4.98 Å². The van der Waals surface area contributed by atoms with E-state index in [0.717, 1.165) is 6.07 Å². The maximum Gasteiger partial charge on any atom is 0.254 e. The third kappa shape index (κ3) is 5.09. The molecule has 4 rings (SSSR count). The van der Waals surface area contributed by atoms with Gasteiger partial charge >= 0.3 is 0 Å². The van der Waals surface area contributed by atoms with Crippen LogP contribution in [0.25, 0.3) is 0 Å². The van der Waals surface area contributed by atoms with Crippen molar-refractivity contribution in [2.75, 3.05) is 11.9 Å². The minimum absolute atomic E-state index is 0.170. The number of ether oxygens (including phenoxy) is 2. The first-order valence-corrected chi connectivity index (χ1v) is 11.7. The molecule has 10 heteroatoms. The van der Waals surface area contributed by atoms with Crippen molar-refractivity contribution in [3.8, 4) is 5.75 Å². The zero-order valence-electron chi connectivity index (χ0n) is 20.4. The highest BCUT2D eigenvalue weighted by Gasteiger charge is 2.52. The highest BCUT2D eigenvalue weighted by molar-refractivity contribution is 5.97. The second-order valence-corrected chi connectivity index (χ2v) is 10.2. The van der Waals surface area contributed by atoms with Gasteiger partial charge in [0.2, 0.25) is 11.7 Å². The quantitative estimate of drug-likeness (QED) is 0.394. The Morgan fingerprint density at radius 1 is 1.19 bits per heavy atom. The van der Waals surface area contributed by atoms with Crippen molar-refractivity contribution in [3.63, 3.8) is 0 Å². The van der Waals surface area contributed by atoms with Crippen LogP contribution in [-0.2, 0) is 9.53 Å². The molecule has 2 aliphatic rings. The minimum Gasteiger partial charge on any atom is -0.490 e. The van der Waals surface area contributed by atoms with Crippen LogP contribution in [0.4, 0.5) is 23.2 Å². The van der Waals surface area contributed by atoms with Gasteiger partial charge in [-0.15, -0.1) is 0 Å². The lowest BCUT2D eigenvalue weighted by molar-refractivity contribution is -0.131. The number of carbonyl (C=O) groups is 2. The van der Waals surface area contributed by atoms with Gasteiger partial charge in [-0.2, -0.15) is 4.39 Å². The molecule has 1 aliphatic carbocycles. The molecule has 6 nitrogen and oxygen atoms in total. The van der Waals surface area contributed by atoms with Crippen LogP contribution in [0.15, 0.2) is 30.5 Å². The normalized spacial score (nSPS) is 24.7. The molecule has 0 spiro atoms. The van der Waals surface area contributed by atoms with E-state index in [2.05, 4.69) is 10.3 Å². The Hall–Kier alpha value is -3.01. The highest BCUT2D eigenvalue weighted by Crippen LogP contribution is 2.50. The van der Waals surface area contributed by atoms with E-state index in [1.54, 1.807) is 13.8 Å². The number of hydrogen-bond donors (Lipinski definition) is 1. The summed E-state index contributed by atoms with van der Waals surface area (Å²) in [6, 6.07) is 5.24. The van der Waals surface area contributed by atoms with Crippen LogP contribution in [0.1, 0.15) is 62.5 Å². The summed E-state index contributed by atoms with van der Waals surface area (Å²) in [6.07, 6.45) is -0.482. The van der Waals surface area contributed by atoms with Crippen molar-refractivity contribution in [2.45, 2.75) is 64.1 Å². The Morgan fingerprint density at radius 3 is 2.53 bits per heavy atom. The number of carbonyl (C=O) groups excluding carboxylic acids is 2. The second kappa shape index (κ2) is 9.46. The van der Waals surface area contributed by atoms with E-state index in [1.807, 2.05) is 6.92 Å². The van der Waals surface area contributed by atoms with Crippen molar-refractivity contribution >= 4 is 17.4 Å². The maximum atomic E-state index is 14.9. The van der Waals surface area contributed by atoms with Gasteiger partial charge in [0, 0.05) is 49.0 Å². The number of amides is 1. The molecular weight excluding hydrogens is 480 g/mol. The van der Waals surface area contributed by atoms with E-state index in [4.69, 9.17) is 9.47 Å². The van der Waals surface area contributed by atoms with Crippen molar-refractivity contribution < 1.29 is 36.6 Å². The van der Waals surface area contributed by atoms with Crippen molar-refractivity contribution in [2.24, 2.45) is 11.8 Å². The molecule has 0 radical (unpaired) electrons. The molecule has 36 heavy (non-hydrogen) atoms. The number of halogens is 4. The fraction of sp³-hybridized carbons (Fsp3) is 0.500. The Bertz CT molecular complexity index is 1180. The third-order valence-corrected chi connectivity index (χ3v) is 7.12. The van der Waals surface area contributed by atoms with Crippen LogP contribution in [0, 0.1) is 23.5 Å². The molecule has 1 aromatic carbocycles. The average molecular weight is 509 g/mol. The lowest BCUT2D eigenvalue weighted by Crippen LogP contribution is -2.38. The van der Waals surface area contributed by atoms with E-state index >= 15 is 0 Å². The fourth-order valence-electron chi connectivity index (χ4n) is 4.83. The van der Waals surface area contributed by atoms with Gasteiger partial charge < -0.3 is 14.8 Å². The molecule has 2 heterocycles. The summed E-state index contributed by atoms with van der Waals surface area (Å²) in [5.74, 6) is -7.93. The number of pyridine rings is 1. The molecule has 1 saturated heterocycles.